The Hall–Kier alpha value is -0.0400. The van der Waals surface area contributed by atoms with Gasteiger partial charge in [-0.15, -0.1) is 0 Å². The topological polar surface area (TPSA) is 20.2 Å². The highest BCUT2D eigenvalue weighted by Crippen LogP contribution is 2.45. The second-order valence-corrected chi connectivity index (χ2v) is 4.38. The van der Waals surface area contributed by atoms with Crippen molar-refractivity contribution in [3.8, 4) is 0 Å². The van der Waals surface area contributed by atoms with Crippen LogP contribution < -0.4 is 0 Å². The van der Waals surface area contributed by atoms with Gasteiger partial charge in [0.15, 0.2) is 0 Å². The average molecular weight is 154 g/mol. The molecule has 0 heterocycles. The van der Waals surface area contributed by atoms with E-state index in [1.807, 2.05) is 0 Å². The minimum atomic E-state index is 0.0405. The first-order valence-electron chi connectivity index (χ1n) is 4.97. The molecule has 4 atom stereocenters. The molecular weight excluding hydrogens is 136 g/mol. The molecule has 0 spiro atoms. The molecule has 1 heteroatoms. The van der Waals surface area contributed by atoms with Gasteiger partial charge in [-0.2, -0.15) is 0 Å². The molecule has 11 heavy (non-hydrogen) atoms. The van der Waals surface area contributed by atoms with Crippen LogP contribution in [-0.4, -0.2) is 11.2 Å². The Bertz CT molecular complexity index is 142. The molecule has 0 aliphatic heterocycles. The van der Waals surface area contributed by atoms with E-state index in [0.29, 0.717) is 5.92 Å². The van der Waals surface area contributed by atoms with E-state index in [1.54, 1.807) is 0 Å². The van der Waals surface area contributed by atoms with Crippen molar-refractivity contribution in [2.75, 3.05) is 0 Å². The standard InChI is InChI=1S/C10H18O/c1-7-5-6-9-8(7)3-2-4-10(9)11/h7-11H,2-6H2,1H3/t7?,8?,9?,10-/m0/s1. The fourth-order valence-corrected chi connectivity index (χ4v) is 3.06. The van der Waals surface area contributed by atoms with Gasteiger partial charge in [0.2, 0.25) is 0 Å². The number of aliphatic hydroxyl groups is 1. The number of rotatable bonds is 0. The molecular formula is C10H18O. The van der Waals surface area contributed by atoms with E-state index in [0.717, 1.165) is 18.3 Å². The van der Waals surface area contributed by atoms with Crippen LogP contribution >= 0.6 is 0 Å². The predicted octanol–water partition coefficient (Wildman–Crippen LogP) is 2.19. The van der Waals surface area contributed by atoms with Gasteiger partial charge in [0.25, 0.3) is 0 Å². The van der Waals surface area contributed by atoms with E-state index in [9.17, 15) is 5.11 Å². The Labute approximate surface area is 68.8 Å². The van der Waals surface area contributed by atoms with Gasteiger partial charge in [-0.1, -0.05) is 19.8 Å². The number of aliphatic hydroxyl groups excluding tert-OH is 1. The van der Waals surface area contributed by atoms with Gasteiger partial charge in [-0.3, -0.25) is 0 Å². The maximum Gasteiger partial charge on any atom is 0.0571 e. The fourth-order valence-electron chi connectivity index (χ4n) is 3.06. The summed E-state index contributed by atoms with van der Waals surface area (Å²) in [5.41, 5.74) is 0. The summed E-state index contributed by atoms with van der Waals surface area (Å²) in [6.45, 7) is 2.35. The van der Waals surface area contributed by atoms with Crippen LogP contribution in [0.3, 0.4) is 0 Å². The van der Waals surface area contributed by atoms with Crippen molar-refractivity contribution in [2.24, 2.45) is 17.8 Å². The molecule has 2 saturated carbocycles. The van der Waals surface area contributed by atoms with Crippen LogP contribution in [0.4, 0.5) is 0 Å². The van der Waals surface area contributed by atoms with E-state index in [2.05, 4.69) is 6.92 Å². The van der Waals surface area contributed by atoms with Gasteiger partial charge in [-0.25, -0.2) is 0 Å². The molecule has 64 valence electrons. The van der Waals surface area contributed by atoms with E-state index in [4.69, 9.17) is 0 Å². The van der Waals surface area contributed by atoms with Gasteiger partial charge >= 0.3 is 0 Å². The first kappa shape index (κ1) is 7.60. The van der Waals surface area contributed by atoms with Gasteiger partial charge in [0.05, 0.1) is 6.10 Å². The van der Waals surface area contributed by atoms with E-state index in [1.165, 1.54) is 25.7 Å². The third-order valence-corrected chi connectivity index (χ3v) is 3.77. The summed E-state index contributed by atoms with van der Waals surface area (Å²) in [6.07, 6.45) is 6.38. The summed E-state index contributed by atoms with van der Waals surface area (Å²) in [4.78, 5) is 0. The van der Waals surface area contributed by atoms with Crippen LogP contribution in [0.25, 0.3) is 0 Å². The van der Waals surface area contributed by atoms with Crippen LogP contribution in [0, 0.1) is 17.8 Å². The van der Waals surface area contributed by atoms with Crippen molar-refractivity contribution in [1.29, 1.82) is 0 Å². The normalized spacial score (nSPS) is 50.7. The summed E-state index contributed by atoms with van der Waals surface area (Å²) in [5, 5.41) is 9.70. The molecule has 0 aromatic heterocycles. The highest BCUT2D eigenvalue weighted by Gasteiger charge is 2.39. The van der Waals surface area contributed by atoms with Gasteiger partial charge in [0.1, 0.15) is 0 Å². The molecule has 0 saturated heterocycles. The largest absolute Gasteiger partial charge is 0.393 e. The van der Waals surface area contributed by atoms with Crippen LogP contribution in [0.2, 0.25) is 0 Å². The summed E-state index contributed by atoms with van der Waals surface area (Å²) in [5.74, 6) is 2.41. The Morgan fingerprint density at radius 3 is 2.55 bits per heavy atom. The van der Waals surface area contributed by atoms with E-state index < -0.39 is 0 Å². The molecule has 1 nitrogen and oxygen atoms in total. The Balaban J connectivity index is 2.07. The van der Waals surface area contributed by atoms with E-state index in [-0.39, 0.29) is 6.10 Å². The van der Waals surface area contributed by atoms with E-state index >= 15 is 0 Å². The van der Waals surface area contributed by atoms with Crippen molar-refractivity contribution in [3.63, 3.8) is 0 Å². The highest BCUT2D eigenvalue weighted by atomic mass is 16.3. The maximum absolute atomic E-state index is 9.70. The zero-order valence-electron chi connectivity index (χ0n) is 7.29. The lowest BCUT2D eigenvalue weighted by atomic mass is 9.77. The first-order chi connectivity index (χ1) is 5.29. The van der Waals surface area contributed by atoms with Crippen LogP contribution in [0.5, 0.6) is 0 Å². The number of hydrogen-bond acceptors (Lipinski definition) is 1. The van der Waals surface area contributed by atoms with Crippen molar-refractivity contribution in [3.05, 3.63) is 0 Å². The first-order valence-corrected chi connectivity index (χ1v) is 4.97. The van der Waals surface area contributed by atoms with Crippen molar-refractivity contribution in [1.82, 2.24) is 0 Å². The van der Waals surface area contributed by atoms with Crippen molar-refractivity contribution in [2.45, 2.75) is 45.1 Å². The molecule has 3 unspecified atom stereocenters. The fraction of sp³-hybridized carbons (Fsp3) is 1.00. The minimum absolute atomic E-state index is 0.0405. The number of fused-ring (bicyclic) bond motifs is 1. The monoisotopic (exact) mass is 154 g/mol. The van der Waals surface area contributed by atoms with Crippen molar-refractivity contribution < 1.29 is 5.11 Å². The molecule has 0 bridgehead atoms. The quantitative estimate of drug-likeness (QED) is 0.567. The molecule has 0 radical (unpaired) electrons. The molecule has 0 aromatic rings. The Kier molecular flexibility index (Phi) is 1.92. The van der Waals surface area contributed by atoms with Gasteiger partial charge < -0.3 is 5.11 Å². The highest BCUT2D eigenvalue weighted by molar-refractivity contribution is 4.89. The maximum atomic E-state index is 9.70. The average Bonchev–Trinajstić information content (AvgIpc) is 2.35. The summed E-state index contributed by atoms with van der Waals surface area (Å²) in [6, 6.07) is 0. The molecule has 2 fully saturated rings. The predicted molar refractivity (Wildman–Crippen MR) is 45.2 cm³/mol. The lowest BCUT2D eigenvalue weighted by Crippen LogP contribution is -2.30. The van der Waals surface area contributed by atoms with Crippen LogP contribution in [0.1, 0.15) is 39.0 Å². The Morgan fingerprint density at radius 1 is 1.00 bits per heavy atom. The molecule has 2 rings (SSSR count). The molecule has 2 aliphatic rings. The van der Waals surface area contributed by atoms with Gasteiger partial charge in [0, 0.05) is 0 Å². The third kappa shape index (κ3) is 1.20. The minimum Gasteiger partial charge on any atom is -0.393 e. The van der Waals surface area contributed by atoms with Gasteiger partial charge in [-0.05, 0) is 37.0 Å². The summed E-state index contributed by atoms with van der Waals surface area (Å²) >= 11 is 0. The van der Waals surface area contributed by atoms with Crippen molar-refractivity contribution >= 4 is 0 Å². The molecule has 2 aliphatic carbocycles. The van der Waals surface area contributed by atoms with Crippen LogP contribution in [-0.2, 0) is 0 Å². The summed E-state index contributed by atoms with van der Waals surface area (Å²) < 4.78 is 0. The van der Waals surface area contributed by atoms with Crippen LogP contribution in [0.15, 0.2) is 0 Å². The summed E-state index contributed by atoms with van der Waals surface area (Å²) in [7, 11) is 0. The molecule has 0 amide bonds. The SMILES string of the molecule is CC1CCC2C1CCC[C@@H]2O. The smallest absolute Gasteiger partial charge is 0.0571 e. The zero-order chi connectivity index (χ0) is 7.84. The molecule has 1 N–H and O–H groups in total. The lowest BCUT2D eigenvalue weighted by molar-refractivity contribution is 0.0396. The lowest BCUT2D eigenvalue weighted by Gasteiger charge is -2.32. The second kappa shape index (κ2) is 2.78. The molecule has 0 aromatic carbocycles. The number of hydrogen-bond donors (Lipinski definition) is 1. The Morgan fingerprint density at radius 2 is 1.82 bits per heavy atom. The zero-order valence-corrected chi connectivity index (χ0v) is 7.29. The second-order valence-electron chi connectivity index (χ2n) is 4.38. The third-order valence-electron chi connectivity index (χ3n) is 3.77.